The van der Waals surface area contributed by atoms with E-state index in [-0.39, 0.29) is 10.8 Å². The van der Waals surface area contributed by atoms with Crippen LogP contribution in [0.25, 0.3) is 0 Å². The molecular weight excluding hydrogens is 251 g/mol. The molecule has 2 heterocycles. The first-order valence-electron chi connectivity index (χ1n) is 6.68. The molecule has 18 heavy (non-hydrogen) atoms. The standard InChI is InChI=1S/C14H18ClFN2/c15-13-9-11(4-5-14(13)16)18-8-2-7-17-6-1-3-12(17)10-18/h4-5,9,12H,1-3,6-8,10H2. The van der Waals surface area contributed by atoms with Crippen molar-refractivity contribution >= 4 is 17.3 Å². The minimum absolute atomic E-state index is 0.222. The minimum atomic E-state index is -0.335. The quantitative estimate of drug-likeness (QED) is 0.772. The molecule has 0 saturated carbocycles. The number of hydrogen-bond acceptors (Lipinski definition) is 2. The first kappa shape index (κ1) is 12.2. The first-order chi connectivity index (χ1) is 8.74. The van der Waals surface area contributed by atoms with Gasteiger partial charge in [0.1, 0.15) is 5.82 Å². The number of benzene rings is 1. The Labute approximate surface area is 112 Å². The molecular formula is C14H18ClFN2. The summed E-state index contributed by atoms with van der Waals surface area (Å²) in [6, 6.07) is 5.72. The molecule has 2 aliphatic rings. The van der Waals surface area contributed by atoms with Crippen molar-refractivity contribution < 1.29 is 4.39 Å². The zero-order valence-electron chi connectivity index (χ0n) is 10.4. The van der Waals surface area contributed by atoms with Crippen LogP contribution >= 0.6 is 11.6 Å². The molecule has 1 atom stereocenters. The molecule has 2 fully saturated rings. The lowest BCUT2D eigenvalue weighted by atomic mass is 10.2. The van der Waals surface area contributed by atoms with Gasteiger partial charge in [-0.05, 0) is 44.0 Å². The first-order valence-corrected chi connectivity index (χ1v) is 7.06. The van der Waals surface area contributed by atoms with Gasteiger partial charge in [0, 0.05) is 31.4 Å². The van der Waals surface area contributed by atoms with Crippen molar-refractivity contribution in [1.82, 2.24) is 4.90 Å². The third kappa shape index (κ3) is 2.34. The molecule has 0 bridgehead atoms. The average Bonchev–Trinajstić information content (AvgIpc) is 2.70. The molecule has 2 nitrogen and oxygen atoms in total. The van der Waals surface area contributed by atoms with E-state index in [9.17, 15) is 4.39 Å². The Morgan fingerprint density at radius 3 is 2.83 bits per heavy atom. The highest BCUT2D eigenvalue weighted by atomic mass is 35.5. The minimum Gasteiger partial charge on any atom is -0.370 e. The third-order valence-corrected chi connectivity index (χ3v) is 4.36. The number of hydrogen-bond donors (Lipinski definition) is 0. The summed E-state index contributed by atoms with van der Waals surface area (Å²) in [5.74, 6) is -0.335. The lowest BCUT2D eigenvalue weighted by molar-refractivity contribution is 0.273. The van der Waals surface area contributed by atoms with E-state index < -0.39 is 0 Å². The Balaban J connectivity index is 1.80. The monoisotopic (exact) mass is 268 g/mol. The fourth-order valence-corrected chi connectivity index (χ4v) is 3.30. The van der Waals surface area contributed by atoms with Crippen molar-refractivity contribution in [3.8, 4) is 0 Å². The summed E-state index contributed by atoms with van der Waals surface area (Å²) in [6.45, 7) is 4.51. The summed E-state index contributed by atoms with van der Waals surface area (Å²) < 4.78 is 13.2. The zero-order valence-corrected chi connectivity index (χ0v) is 11.2. The molecule has 1 unspecified atom stereocenters. The molecule has 1 aromatic carbocycles. The Morgan fingerprint density at radius 1 is 1.17 bits per heavy atom. The number of fused-ring (bicyclic) bond motifs is 1. The fourth-order valence-electron chi connectivity index (χ4n) is 3.12. The van der Waals surface area contributed by atoms with Crippen LogP contribution in [-0.4, -0.2) is 37.1 Å². The van der Waals surface area contributed by atoms with E-state index in [1.54, 1.807) is 6.07 Å². The largest absolute Gasteiger partial charge is 0.370 e. The van der Waals surface area contributed by atoms with E-state index in [2.05, 4.69) is 9.80 Å². The second kappa shape index (κ2) is 5.06. The van der Waals surface area contributed by atoms with Crippen LogP contribution in [-0.2, 0) is 0 Å². The van der Waals surface area contributed by atoms with Gasteiger partial charge in [0.05, 0.1) is 5.02 Å². The summed E-state index contributed by atoms with van der Waals surface area (Å²) in [6.07, 6.45) is 3.76. The molecule has 2 saturated heterocycles. The smallest absolute Gasteiger partial charge is 0.141 e. The van der Waals surface area contributed by atoms with E-state index in [1.807, 2.05) is 6.07 Å². The van der Waals surface area contributed by atoms with Crippen molar-refractivity contribution in [3.63, 3.8) is 0 Å². The zero-order chi connectivity index (χ0) is 12.5. The van der Waals surface area contributed by atoms with Crippen molar-refractivity contribution in [1.29, 1.82) is 0 Å². The number of halogens is 2. The van der Waals surface area contributed by atoms with E-state index in [0.29, 0.717) is 6.04 Å². The van der Waals surface area contributed by atoms with Crippen molar-refractivity contribution in [3.05, 3.63) is 29.0 Å². The maximum absolute atomic E-state index is 13.2. The van der Waals surface area contributed by atoms with Crippen LogP contribution in [0.5, 0.6) is 0 Å². The Morgan fingerprint density at radius 2 is 2.00 bits per heavy atom. The molecule has 98 valence electrons. The van der Waals surface area contributed by atoms with Crippen LogP contribution in [0.15, 0.2) is 18.2 Å². The molecule has 0 aromatic heterocycles. The summed E-state index contributed by atoms with van der Waals surface area (Å²) in [5.41, 5.74) is 1.05. The van der Waals surface area contributed by atoms with Gasteiger partial charge < -0.3 is 4.90 Å². The molecule has 0 aliphatic carbocycles. The van der Waals surface area contributed by atoms with Crippen LogP contribution in [0, 0.1) is 5.82 Å². The predicted molar refractivity (Wildman–Crippen MR) is 72.8 cm³/mol. The van der Waals surface area contributed by atoms with Crippen LogP contribution in [0.2, 0.25) is 5.02 Å². The van der Waals surface area contributed by atoms with Crippen molar-refractivity contribution in [2.45, 2.75) is 25.3 Å². The molecule has 0 spiro atoms. The van der Waals surface area contributed by atoms with E-state index in [0.717, 1.165) is 18.8 Å². The van der Waals surface area contributed by atoms with Crippen LogP contribution in [0.3, 0.4) is 0 Å². The van der Waals surface area contributed by atoms with Crippen LogP contribution in [0.4, 0.5) is 10.1 Å². The van der Waals surface area contributed by atoms with Gasteiger partial charge in [0.2, 0.25) is 0 Å². The van der Waals surface area contributed by atoms with Gasteiger partial charge in [-0.2, -0.15) is 0 Å². The van der Waals surface area contributed by atoms with Gasteiger partial charge in [-0.25, -0.2) is 4.39 Å². The second-order valence-corrected chi connectivity index (χ2v) is 5.64. The summed E-state index contributed by atoms with van der Waals surface area (Å²) in [5, 5.41) is 0.222. The molecule has 4 heteroatoms. The van der Waals surface area contributed by atoms with Crippen LogP contribution in [0.1, 0.15) is 19.3 Å². The maximum atomic E-state index is 13.2. The van der Waals surface area contributed by atoms with Gasteiger partial charge in [0.25, 0.3) is 0 Å². The van der Waals surface area contributed by atoms with Gasteiger partial charge in [-0.1, -0.05) is 11.6 Å². The highest BCUT2D eigenvalue weighted by molar-refractivity contribution is 6.31. The van der Waals surface area contributed by atoms with Crippen molar-refractivity contribution in [2.75, 3.05) is 31.1 Å². The summed E-state index contributed by atoms with van der Waals surface area (Å²) in [7, 11) is 0. The maximum Gasteiger partial charge on any atom is 0.141 e. The normalized spacial score (nSPS) is 25.0. The summed E-state index contributed by atoms with van der Waals surface area (Å²) in [4.78, 5) is 4.94. The number of anilines is 1. The SMILES string of the molecule is Fc1ccc(N2CCCN3CCCC3C2)cc1Cl. The molecule has 0 N–H and O–H groups in total. The highest BCUT2D eigenvalue weighted by Gasteiger charge is 2.28. The highest BCUT2D eigenvalue weighted by Crippen LogP contribution is 2.27. The van der Waals surface area contributed by atoms with Crippen LogP contribution < -0.4 is 4.90 Å². The molecule has 2 aliphatic heterocycles. The van der Waals surface area contributed by atoms with Crippen molar-refractivity contribution in [2.24, 2.45) is 0 Å². The fraction of sp³-hybridized carbons (Fsp3) is 0.571. The number of rotatable bonds is 1. The Hall–Kier alpha value is -0.800. The summed E-state index contributed by atoms with van der Waals surface area (Å²) >= 11 is 5.87. The van der Waals surface area contributed by atoms with Gasteiger partial charge >= 0.3 is 0 Å². The van der Waals surface area contributed by atoms with E-state index >= 15 is 0 Å². The lowest BCUT2D eigenvalue weighted by Crippen LogP contribution is -2.36. The molecule has 3 rings (SSSR count). The third-order valence-electron chi connectivity index (χ3n) is 4.07. The topological polar surface area (TPSA) is 6.48 Å². The predicted octanol–water partition coefficient (Wildman–Crippen LogP) is 3.15. The van der Waals surface area contributed by atoms with E-state index in [4.69, 9.17) is 11.6 Å². The number of nitrogens with zero attached hydrogens (tertiary/aromatic N) is 2. The van der Waals surface area contributed by atoms with Gasteiger partial charge in [-0.3, -0.25) is 4.90 Å². The van der Waals surface area contributed by atoms with Gasteiger partial charge in [-0.15, -0.1) is 0 Å². The molecule has 0 amide bonds. The average molecular weight is 269 g/mol. The Bertz CT molecular complexity index is 438. The molecule has 0 radical (unpaired) electrons. The lowest BCUT2D eigenvalue weighted by Gasteiger charge is -2.27. The second-order valence-electron chi connectivity index (χ2n) is 5.23. The van der Waals surface area contributed by atoms with E-state index in [1.165, 1.54) is 38.4 Å². The Kier molecular flexibility index (Phi) is 3.44. The van der Waals surface area contributed by atoms with Gasteiger partial charge in [0.15, 0.2) is 0 Å². The molecule has 1 aromatic rings.